The molecule has 116 valence electrons. The zero-order valence-electron chi connectivity index (χ0n) is 13.1. The van der Waals surface area contributed by atoms with Crippen molar-refractivity contribution in [1.29, 1.82) is 0 Å². The molecular weight excluding hydrogens is 278 g/mol. The van der Waals surface area contributed by atoms with E-state index in [1.54, 1.807) is 6.08 Å². The number of aryl methyl sites for hydroxylation is 1. The van der Waals surface area contributed by atoms with E-state index in [2.05, 4.69) is 16.8 Å². The Balaban J connectivity index is 2.08. The van der Waals surface area contributed by atoms with Crippen LogP contribution in [0.1, 0.15) is 31.2 Å². The lowest BCUT2D eigenvalue weighted by Gasteiger charge is -2.47. The summed E-state index contributed by atoms with van der Waals surface area (Å²) >= 11 is 0. The van der Waals surface area contributed by atoms with Crippen LogP contribution in [0.4, 0.5) is 0 Å². The van der Waals surface area contributed by atoms with E-state index in [9.17, 15) is 4.79 Å². The summed E-state index contributed by atoms with van der Waals surface area (Å²) in [6.45, 7) is 2.25. The van der Waals surface area contributed by atoms with Gasteiger partial charge in [-0.1, -0.05) is 13.0 Å². The smallest absolute Gasteiger partial charge is 0.328 e. The molecule has 1 aromatic carbocycles. The molecule has 3 rings (SSSR count). The molecule has 2 aromatic rings. The van der Waals surface area contributed by atoms with Crippen LogP contribution < -0.4 is 5.32 Å². The number of carbonyl (C=O) groups is 1. The molecule has 0 amide bonds. The Kier molecular flexibility index (Phi) is 3.53. The predicted molar refractivity (Wildman–Crippen MR) is 86.5 cm³/mol. The molecule has 5 heteroatoms. The summed E-state index contributed by atoms with van der Waals surface area (Å²) in [6, 6.07) is 5.83. The molecule has 2 N–H and O–H groups in total. The normalized spacial score (nSPS) is 24.8. The van der Waals surface area contributed by atoms with Crippen LogP contribution in [0.15, 0.2) is 24.3 Å². The highest BCUT2D eigenvalue weighted by Gasteiger charge is 2.47. The summed E-state index contributed by atoms with van der Waals surface area (Å²) in [5.74, 6) is 0.672. The third-order valence-electron chi connectivity index (χ3n) is 4.98. The second-order valence-corrected chi connectivity index (χ2v) is 6.08. The van der Waals surface area contributed by atoms with Gasteiger partial charge in [0.25, 0.3) is 0 Å². The number of carboxylic acids is 1. The van der Waals surface area contributed by atoms with Crippen LogP contribution in [0.3, 0.4) is 0 Å². The van der Waals surface area contributed by atoms with Crippen LogP contribution in [0.5, 0.6) is 0 Å². The van der Waals surface area contributed by atoms with Crippen LogP contribution >= 0.6 is 0 Å². The summed E-state index contributed by atoms with van der Waals surface area (Å²) in [4.78, 5) is 15.5. The van der Waals surface area contributed by atoms with E-state index in [4.69, 9.17) is 10.1 Å². The maximum atomic E-state index is 10.6. The van der Waals surface area contributed by atoms with Gasteiger partial charge in [0.15, 0.2) is 0 Å². The fraction of sp³-hybridized carbons (Fsp3) is 0.412. The minimum absolute atomic E-state index is 0.0508. The number of benzene rings is 1. The number of hydrogen-bond donors (Lipinski definition) is 2. The standard InChI is InChI=1S/C17H21N3O2/c1-11-8-9-17(11,18-2)16-19-13-6-4-12(5-7-15(21)22)10-14(13)20(16)3/h4-7,10-11,18H,8-9H2,1-3H3,(H,21,22)/b7-5+/t11-,17?/m1/s1. The van der Waals surface area contributed by atoms with E-state index >= 15 is 0 Å². The first kappa shape index (κ1) is 14.8. The summed E-state index contributed by atoms with van der Waals surface area (Å²) < 4.78 is 2.12. The second-order valence-electron chi connectivity index (χ2n) is 6.08. The number of nitrogens with zero attached hydrogens (tertiary/aromatic N) is 2. The first-order chi connectivity index (χ1) is 10.5. The van der Waals surface area contributed by atoms with Crippen molar-refractivity contribution in [2.45, 2.75) is 25.3 Å². The Morgan fingerprint density at radius 1 is 1.55 bits per heavy atom. The fourth-order valence-electron chi connectivity index (χ4n) is 3.41. The van der Waals surface area contributed by atoms with Gasteiger partial charge in [0.2, 0.25) is 0 Å². The number of hydrogen-bond acceptors (Lipinski definition) is 3. The minimum Gasteiger partial charge on any atom is -0.478 e. The molecule has 1 aliphatic carbocycles. The highest BCUT2D eigenvalue weighted by atomic mass is 16.4. The largest absolute Gasteiger partial charge is 0.478 e. The van der Waals surface area contributed by atoms with Crippen molar-refractivity contribution in [1.82, 2.24) is 14.9 Å². The Morgan fingerprint density at radius 2 is 2.32 bits per heavy atom. The van der Waals surface area contributed by atoms with Gasteiger partial charge in [-0.15, -0.1) is 0 Å². The third-order valence-corrected chi connectivity index (χ3v) is 4.98. The molecule has 1 heterocycles. The number of aliphatic carboxylic acids is 1. The lowest BCUT2D eigenvalue weighted by atomic mass is 9.67. The summed E-state index contributed by atoms with van der Waals surface area (Å²) in [5, 5.41) is 12.2. The first-order valence-corrected chi connectivity index (χ1v) is 7.55. The highest BCUT2D eigenvalue weighted by molar-refractivity contribution is 5.87. The first-order valence-electron chi connectivity index (χ1n) is 7.55. The molecule has 2 atom stereocenters. The Morgan fingerprint density at radius 3 is 2.86 bits per heavy atom. The van der Waals surface area contributed by atoms with E-state index in [0.717, 1.165) is 34.9 Å². The third kappa shape index (κ3) is 2.13. The highest BCUT2D eigenvalue weighted by Crippen LogP contribution is 2.46. The van der Waals surface area contributed by atoms with Gasteiger partial charge < -0.3 is 15.0 Å². The number of nitrogens with one attached hydrogen (secondary N) is 1. The number of carboxylic acid groups (broad SMARTS) is 1. The van der Waals surface area contributed by atoms with Crippen molar-refractivity contribution in [3.05, 3.63) is 35.7 Å². The van der Waals surface area contributed by atoms with Crippen LogP contribution in [-0.2, 0) is 17.4 Å². The Hall–Kier alpha value is -2.14. The quantitative estimate of drug-likeness (QED) is 0.851. The molecule has 1 saturated carbocycles. The topological polar surface area (TPSA) is 67.2 Å². The van der Waals surface area contributed by atoms with Crippen molar-refractivity contribution in [3.63, 3.8) is 0 Å². The molecule has 1 fully saturated rings. The Bertz CT molecular complexity index is 759. The van der Waals surface area contributed by atoms with Gasteiger partial charge in [0.05, 0.1) is 16.6 Å². The summed E-state index contributed by atoms with van der Waals surface area (Å²) in [5.41, 5.74) is 2.78. The molecular formula is C17H21N3O2. The van der Waals surface area contributed by atoms with Gasteiger partial charge in [-0.3, -0.25) is 0 Å². The molecule has 0 bridgehead atoms. The molecule has 0 saturated heterocycles. The molecule has 0 radical (unpaired) electrons. The van der Waals surface area contributed by atoms with Gasteiger partial charge in [-0.05, 0) is 49.6 Å². The molecule has 0 spiro atoms. The van der Waals surface area contributed by atoms with E-state index in [0.29, 0.717) is 5.92 Å². The zero-order valence-corrected chi connectivity index (χ0v) is 13.1. The van der Waals surface area contributed by atoms with E-state index < -0.39 is 5.97 Å². The molecule has 5 nitrogen and oxygen atoms in total. The summed E-state index contributed by atoms with van der Waals surface area (Å²) in [6.07, 6.45) is 5.06. The lowest BCUT2D eigenvalue weighted by Crippen LogP contribution is -2.54. The van der Waals surface area contributed by atoms with Crippen molar-refractivity contribution in [2.24, 2.45) is 13.0 Å². The van der Waals surface area contributed by atoms with Crippen molar-refractivity contribution in [2.75, 3.05) is 7.05 Å². The Labute approximate surface area is 129 Å². The molecule has 0 aliphatic heterocycles. The van der Waals surface area contributed by atoms with Gasteiger partial charge >= 0.3 is 5.97 Å². The van der Waals surface area contributed by atoms with Gasteiger partial charge in [-0.2, -0.15) is 0 Å². The van der Waals surface area contributed by atoms with Crippen LogP contribution in [0.2, 0.25) is 0 Å². The lowest BCUT2D eigenvalue weighted by molar-refractivity contribution is -0.131. The van der Waals surface area contributed by atoms with Crippen molar-refractivity contribution < 1.29 is 9.90 Å². The van der Waals surface area contributed by atoms with E-state index in [1.807, 2.05) is 32.3 Å². The van der Waals surface area contributed by atoms with Crippen LogP contribution in [0.25, 0.3) is 17.1 Å². The average molecular weight is 299 g/mol. The van der Waals surface area contributed by atoms with Crippen molar-refractivity contribution in [3.8, 4) is 0 Å². The minimum atomic E-state index is -0.941. The van der Waals surface area contributed by atoms with Gasteiger partial charge in [0.1, 0.15) is 5.82 Å². The molecule has 1 aromatic heterocycles. The van der Waals surface area contributed by atoms with Gasteiger partial charge in [-0.25, -0.2) is 9.78 Å². The van der Waals surface area contributed by atoms with Crippen LogP contribution in [-0.4, -0.2) is 27.7 Å². The maximum Gasteiger partial charge on any atom is 0.328 e. The number of imidazole rings is 1. The monoisotopic (exact) mass is 299 g/mol. The number of rotatable bonds is 4. The second kappa shape index (κ2) is 5.25. The molecule has 1 unspecified atom stereocenters. The van der Waals surface area contributed by atoms with Crippen LogP contribution in [0, 0.1) is 5.92 Å². The van der Waals surface area contributed by atoms with E-state index in [-0.39, 0.29) is 5.54 Å². The number of fused-ring (bicyclic) bond motifs is 1. The average Bonchev–Trinajstić information content (AvgIpc) is 2.82. The SMILES string of the molecule is CNC1(c2nc3ccc(/C=C/C(=O)O)cc3n2C)CC[C@H]1C. The molecule has 22 heavy (non-hydrogen) atoms. The van der Waals surface area contributed by atoms with E-state index in [1.165, 1.54) is 6.42 Å². The molecule has 1 aliphatic rings. The zero-order chi connectivity index (χ0) is 15.9. The predicted octanol–water partition coefficient (Wildman–Crippen LogP) is 2.52. The van der Waals surface area contributed by atoms with Gasteiger partial charge in [0, 0.05) is 13.1 Å². The van der Waals surface area contributed by atoms with Crippen molar-refractivity contribution >= 4 is 23.1 Å². The summed E-state index contributed by atoms with van der Waals surface area (Å²) in [7, 11) is 4.02. The maximum absolute atomic E-state index is 10.6. The fourth-order valence-corrected chi connectivity index (χ4v) is 3.41. The number of aromatic nitrogens is 2.